The highest BCUT2D eigenvalue weighted by Crippen LogP contribution is 2.30. The van der Waals surface area contributed by atoms with E-state index in [0.29, 0.717) is 12.2 Å². The third kappa shape index (κ3) is 4.08. The van der Waals surface area contributed by atoms with E-state index in [2.05, 4.69) is 5.32 Å². The largest absolute Gasteiger partial charge is 0.342 e. The van der Waals surface area contributed by atoms with E-state index in [1.54, 1.807) is 12.1 Å². The van der Waals surface area contributed by atoms with E-state index < -0.39 is 0 Å². The van der Waals surface area contributed by atoms with Crippen molar-refractivity contribution in [3.8, 4) is 11.1 Å². The molecule has 5 heteroatoms. The number of piperidine rings is 1. The number of anilines is 1. The van der Waals surface area contributed by atoms with Gasteiger partial charge in [-0.15, -0.1) is 0 Å². The van der Waals surface area contributed by atoms with Crippen LogP contribution in [-0.2, 0) is 9.59 Å². The number of halogens is 1. The molecule has 2 amide bonds. The second kappa shape index (κ2) is 8.13. The highest BCUT2D eigenvalue weighted by molar-refractivity contribution is 5.94. The number of benzene rings is 2. The second-order valence-electron chi connectivity index (χ2n) is 7.83. The van der Waals surface area contributed by atoms with Crippen LogP contribution in [0.3, 0.4) is 0 Å². The highest BCUT2D eigenvalue weighted by atomic mass is 19.1. The molecule has 1 atom stereocenters. The Balaban J connectivity index is 1.41. The quantitative estimate of drug-likeness (QED) is 0.851. The lowest BCUT2D eigenvalue weighted by atomic mass is 9.83. The van der Waals surface area contributed by atoms with E-state index in [0.717, 1.165) is 49.8 Å². The van der Waals surface area contributed by atoms with Gasteiger partial charge in [0.05, 0.1) is 5.92 Å². The van der Waals surface area contributed by atoms with Gasteiger partial charge in [-0.25, -0.2) is 4.39 Å². The smallest absolute Gasteiger partial charge is 0.229 e. The fraction of sp³-hybridized carbons (Fsp3) is 0.391. The maximum absolute atomic E-state index is 13.1. The summed E-state index contributed by atoms with van der Waals surface area (Å²) in [5, 5.41) is 3.00. The molecular weight excluding hydrogens is 355 g/mol. The van der Waals surface area contributed by atoms with Gasteiger partial charge in [0.2, 0.25) is 11.8 Å². The van der Waals surface area contributed by atoms with Crippen molar-refractivity contribution in [1.82, 2.24) is 4.90 Å². The first-order valence-electron chi connectivity index (χ1n) is 10.1. The Bertz CT molecular complexity index is 861. The Kier molecular flexibility index (Phi) is 5.42. The zero-order valence-corrected chi connectivity index (χ0v) is 15.9. The number of rotatable bonds is 4. The van der Waals surface area contributed by atoms with Crippen molar-refractivity contribution in [3.63, 3.8) is 0 Å². The number of nitrogens with zero attached hydrogens (tertiary/aromatic N) is 1. The summed E-state index contributed by atoms with van der Waals surface area (Å²) in [7, 11) is 0. The van der Waals surface area contributed by atoms with Crippen LogP contribution < -0.4 is 5.32 Å². The normalized spacial score (nSPS) is 19.8. The van der Waals surface area contributed by atoms with Crippen molar-refractivity contribution < 1.29 is 14.0 Å². The third-order valence-corrected chi connectivity index (χ3v) is 5.87. The van der Waals surface area contributed by atoms with Crippen molar-refractivity contribution in [2.24, 2.45) is 11.8 Å². The molecule has 1 unspecified atom stereocenters. The van der Waals surface area contributed by atoms with Crippen LogP contribution >= 0.6 is 0 Å². The molecule has 1 aliphatic carbocycles. The molecule has 0 radical (unpaired) electrons. The first-order chi connectivity index (χ1) is 13.6. The molecule has 1 saturated carbocycles. The minimum atomic E-state index is -0.272. The summed E-state index contributed by atoms with van der Waals surface area (Å²) in [5.74, 6) is -0.0858. The predicted molar refractivity (Wildman–Crippen MR) is 107 cm³/mol. The van der Waals surface area contributed by atoms with E-state index in [1.165, 1.54) is 12.1 Å². The summed E-state index contributed by atoms with van der Waals surface area (Å²) in [6.45, 7) is 1.28. The van der Waals surface area contributed by atoms with Gasteiger partial charge in [-0.2, -0.15) is 0 Å². The van der Waals surface area contributed by atoms with Crippen LogP contribution in [0.25, 0.3) is 11.1 Å². The average molecular weight is 380 g/mol. The molecule has 0 aromatic heterocycles. The van der Waals surface area contributed by atoms with E-state index in [9.17, 15) is 14.0 Å². The van der Waals surface area contributed by atoms with Crippen LogP contribution in [0.1, 0.15) is 32.1 Å². The van der Waals surface area contributed by atoms with Crippen LogP contribution in [0.15, 0.2) is 48.5 Å². The standard InChI is InChI=1S/C23H25FN2O2/c24-20-11-9-16(10-12-20)18-6-2-8-21(14-18)25-22(27)19-7-3-13-26(15-19)23(28)17-4-1-5-17/h2,6,8-12,14,17,19H,1,3-5,7,13,15H2,(H,25,27). The van der Waals surface area contributed by atoms with Gasteiger partial charge >= 0.3 is 0 Å². The molecule has 1 N–H and O–H groups in total. The molecule has 2 aromatic carbocycles. The van der Waals surface area contributed by atoms with Crippen LogP contribution in [0.4, 0.5) is 10.1 Å². The van der Waals surface area contributed by atoms with Gasteiger partial charge in [0, 0.05) is 24.7 Å². The summed E-state index contributed by atoms with van der Waals surface area (Å²) in [5.41, 5.74) is 2.53. The zero-order valence-electron chi connectivity index (χ0n) is 15.9. The van der Waals surface area contributed by atoms with E-state index in [4.69, 9.17) is 0 Å². The molecule has 0 spiro atoms. The minimum absolute atomic E-state index is 0.0395. The summed E-state index contributed by atoms with van der Waals surface area (Å²) >= 11 is 0. The summed E-state index contributed by atoms with van der Waals surface area (Å²) in [6.07, 6.45) is 4.79. The minimum Gasteiger partial charge on any atom is -0.342 e. The molecule has 28 heavy (non-hydrogen) atoms. The molecule has 1 aliphatic heterocycles. The van der Waals surface area contributed by atoms with Crippen molar-refractivity contribution in [1.29, 1.82) is 0 Å². The molecule has 2 aromatic rings. The topological polar surface area (TPSA) is 49.4 Å². The van der Waals surface area contributed by atoms with Gasteiger partial charge in [-0.3, -0.25) is 9.59 Å². The monoisotopic (exact) mass is 380 g/mol. The predicted octanol–water partition coefficient (Wildman–Crippen LogP) is 4.47. The first kappa shape index (κ1) is 18.7. The Morgan fingerprint density at radius 1 is 0.929 bits per heavy atom. The lowest BCUT2D eigenvalue weighted by Crippen LogP contribution is -2.47. The van der Waals surface area contributed by atoms with Crippen molar-refractivity contribution >= 4 is 17.5 Å². The molecule has 4 rings (SSSR count). The molecule has 2 fully saturated rings. The summed E-state index contributed by atoms with van der Waals surface area (Å²) in [6, 6.07) is 13.9. The number of carbonyl (C=O) groups is 2. The van der Waals surface area contributed by atoms with Gasteiger partial charge in [0.25, 0.3) is 0 Å². The molecule has 0 bridgehead atoms. The van der Waals surface area contributed by atoms with Crippen molar-refractivity contribution in [3.05, 3.63) is 54.3 Å². The lowest BCUT2D eigenvalue weighted by Gasteiger charge is -2.36. The average Bonchev–Trinajstić information content (AvgIpc) is 2.67. The number of carbonyl (C=O) groups excluding carboxylic acids is 2. The maximum atomic E-state index is 13.1. The molecule has 4 nitrogen and oxygen atoms in total. The molecule has 1 heterocycles. The van der Waals surface area contributed by atoms with Crippen LogP contribution in [0.5, 0.6) is 0 Å². The van der Waals surface area contributed by atoms with Crippen molar-refractivity contribution in [2.45, 2.75) is 32.1 Å². The number of amides is 2. The number of hydrogen-bond acceptors (Lipinski definition) is 2. The fourth-order valence-electron chi connectivity index (χ4n) is 3.97. The second-order valence-corrected chi connectivity index (χ2v) is 7.83. The Labute approximate surface area is 164 Å². The van der Waals surface area contributed by atoms with Gasteiger partial charge in [-0.1, -0.05) is 30.7 Å². The molecular formula is C23H25FN2O2. The molecule has 2 aliphatic rings. The number of hydrogen-bond donors (Lipinski definition) is 1. The zero-order chi connectivity index (χ0) is 19.5. The maximum Gasteiger partial charge on any atom is 0.229 e. The number of nitrogens with one attached hydrogen (secondary N) is 1. The Hall–Kier alpha value is -2.69. The summed E-state index contributed by atoms with van der Waals surface area (Å²) < 4.78 is 13.1. The first-order valence-corrected chi connectivity index (χ1v) is 10.1. The van der Waals surface area contributed by atoms with Gasteiger partial charge in [-0.05, 0) is 61.1 Å². The van der Waals surface area contributed by atoms with Gasteiger partial charge in [0.1, 0.15) is 5.82 Å². The van der Waals surface area contributed by atoms with E-state index in [-0.39, 0.29) is 29.5 Å². The molecule has 1 saturated heterocycles. The van der Waals surface area contributed by atoms with Crippen LogP contribution in [0.2, 0.25) is 0 Å². The number of likely N-dealkylation sites (tertiary alicyclic amines) is 1. The Morgan fingerprint density at radius 3 is 2.39 bits per heavy atom. The SMILES string of the molecule is O=C(Nc1cccc(-c2ccc(F)cc2)c1)C1CCCN(C(=O)C2CCC2)C1. The van der Waals surface area contributed by atoms with Crippen LogP contribution in [0, 0.1) is 17.7 Å². The summed E-state index contributed by atoms with van der Waals surface area (Å²) in [4.78, 5) is 27.2. The fourth-order valence-corrected chi connectivity index (χ4v) is 3.97. The van der Waals surface area contributed by atoms with E-state index >= 15 is 0 Å². The Morgan fingerprint density at radius 2 is 1.68 bits per heavy atom. The third-order valence-electron chi connectivity index (χ3n) is 5.87. The van der Waals surface area contributed by atoms with Gasteiger partial charge < -0.3 is 10.2 Å². The molecule has 146 valence electrons. The lowest BCUT2D eigenvalue weighted by molar-refractivity contribution is -0.141. The van der Waals surface area contributed by atoms with Crippen molar-refractivity contribution in [2.75, 3.05) is 18.4 Å². The highest BCUT2D eigenvalue weighted by Gasteiger charge is 2.34. The van der Waals surface area contributed by atoms with E-state index in [1.807, 2.05) is 29.2 Å². The van der Waals surface area contributed by atoms with Gasteiger partial charge in [0.15, 0.2) is 0 Å². The van der Waals surface area contributed by atoms with Crippen LogP contribution in [-0.4, -0.2) is 29.8 Å².